The van der Waals surface area contributed by atoms with Gasteiger partial charge >= 0.3 is 5.97 Å². The molecule has 0 bridgehead atoms. The van der Waals surface area contributed by atoms with Gasteiger partial charge in [-0.2, -0.15) is 0 Å². The summed E-state index contributed by atoms with van der Waals surface area (Å²) in [6, 6.07) is 5.16. The van der Waals surface area contributed by atoms with Crippen LogP contribution < -0.4 is 5.32 Å². The number of aromatic nitrogens is 1. The molecule has 2 heterocycles. The Balaban J connectivity index is 2.15. The van der Waals surface area contributed by atoms with Gasteiger partial charge in [0.05, 0.1) is 11.1 Å². The maximum atomic E-state index is 12.1. The fourth-order valence-electron chi connectivity index (χ4n) is 2.69. The van der Waals surface area contributed by atoms with E-state index in [0.717, 1.165) is 0 Å². The number of fused-ring (bicyclic) bond motifs is 1. The zero-order valence-corrected chi connectivity index (χ0v) is 12.7. The molecule has 0 saturated carbocycles. The molecule has 0 saturated heterocycles. The van der Waals surface area contributed by atoms with Crippen LogP contribution in [0.25, 0.3) is 11.6 Å². The minimum atomic E-state index is -0.991. The van der Waals surface area contributed by atoms with Crippen molar-refractivity contribution in [3.8, 4) is 0 Å². The van der Waals surface area contributed by atoms with E-state index in [1.165, 1.54) is 0 Å². The first-order valence-electron chi connectivity index (χ1n) is 6.64. The number of aryl methyl sites for hydroxylation is 1. The lowest BCUT2D eigenvalue weighted by Crippen LogP contribution is -2.03. The number of amides is 1. The maximum absolute atomic E-state index is 12.1. The summed E-state index contributed by atoms with van der Waals surface area (Å²) in [5.41, 5.74) is 3.85. The largest absolute Gasteiger partial charge is 0.478 e. The van der Waals surface area contributed by atoms with Crippen molar-refractivity contribution in [3.63, 3.8) is 0 Å². The van der Waals surface area contributed by atoms with Crippen LogP contribution in [0.4, 0.5) is 5.69 Å². The van der Waals surface area contributed by atoms with Gasteiger partial charge in [0.15, 0.2) is 0 Å². The predicted molar refractivity (Wildman–Crippen MR) is 85.2 cm³/mol. The van der Waals surface area contributed by atoms with Crippen molar-refractivity contribution < 1.29 is 14.7 Å². The highest BCUT2D eigenvalue weighted by atomic mass is 35.5. The van der Waals surface area contributed by atoms with E-state index < -0.39 is 5.97 Å². The molecule has 0 radical (unpaired) electrons. The summed E-state index contributed by atoms with van der Waals surface area (Å²) in [5.74, 6) is -1.23. The number of carboxylic acid groups (broad SMARTS) is 1. The van der Waals surface area contributed by atoms with Crippen LogP contribution in [0.2, 0.25) is 5.02 Å². The van der Waals surface area contributed by atoms with Crippen LogP contribution in [0.15, 0.2) is 18.2 Å². The number of carbonyl (C=O) groups is 2. The highest BCUT2D eigenvalue weighted by Gasteiger charge is 2.25. The highest BCUT2D eigenvalue weighted by Crippen LogP contribution is 2.35. The highest BCUT2D eigenvalue weighted by molar-refractivity contribution is 6.36. The topological polar surface area (TPSA) is 82.2 Å². The minimum Gasteiger partial charge on any atom is -0.478 e. The van der Waals surface area contributed by atoms with E-state index in [2.05, 4.69) is 10.3 Å². The van der Waals surface area contributed by atoms with Gasteiger partial charge in [-0.1, -0.05) is 11.6 Å². The molecule has 0 fully saturated rings. The smallest absolute Gasteiger partial charge is 0.337 e. The van der Waals surface area contributed by atoms with Gasteiger partial charge in [0.1, 0.15) is 0 Å². The van der Waals surface area contributed by atoms with Crippen molar-refractivity contribution in [1.82, 2.24) is 4.98 Å². The Hall–Kier alpha value is -2.53. The van der Waals surface area contributed by atoms with Gasteiger partial charge in [0, 0.05) is 27.7 Å². The van der Waals surface area contributed by atoms with Crippen LogP contribution in [-0.2, 0) is 4.79 Å². The molecule has 112 valence electrons. The fraction of sp³-hybridized carbons (Fsp3) is 0.125. The average Bonchev–Trinajstić information content (AvgIpc) is 2.88. The molecule has 1 amide bonds. The van der Waals surface area contributed by atoms with Crippen molar-refractivity contribution in [2.45, 2.75) is 13.8 Å². The Labute approximate surface area is 131 Å². The lowest BCUT2D eigenvalue weighted by molar-refractivity contribution is -0.110. The number of hydrogen-bond acceptors (Lipinski definition) is 2. The zero-order valence-electron chi connectivity index (χ0n) is 12.0. The predicted octanol–water partition coefficient (Wildman–Crippen LogP) is 3.48. The lowest BCUT2D eigenvalue weighted by atomic mass is 10.0. The van der Waals surface area contributed by atoms with Crippen molar-refractivity contribution in [3.05, 3.63) is 51.3 Å². The molecule has 2 aromatic rings. The van der Waals surface area contributed by atoms with Gasteiger partial charge in [0.25, 0.3) is 5.91 Å². The number of carbonyl (C=O) groups excluding carboxylic acids is 1. The first-order chi connectivity index (χ1) is 10.4. The fourth-order valence-corrected chi connectivity index (χ4v) is 2.86. The Morgan fingerprint density at radius 1 is 1.32 bits per heavy atom. The third-order valence-corrected chi connectivity index (χ3v) is 3.98. The Bertz CT molecular complexity index is 849. The van der Waals surface area contributed by atoms with E-state index in [9.17, 15) is 14.7 Å². The summed E-state index contributed by atoms with van der Waals surface area (Å²) in [4.78, 5) is 26.4. The normalized spacial score (nSPS) is 15.0. The summed E-state index contributed by atoms with van der Waals surface area (Å²) >= 11 is 5.99. The molecule has 0 unspecified atom stereocenters. The first kappa shape index (κ1) is 14.4. The Morgan fingerprint density at radius 3 is 2.68 bits per heavy atom. The summed E-state index contributed by atoms with van der Waals surface area (Å²) in [5, 5.41) is 12.5. The number of aromatic carboxylic acids is 1. The number of nitrogens with one attached hydrogen (secondary N) is 2. The van der Waals surface area contributed by atoms with Gasteiger partial charge < -0.3 is 15.4 Å². The molecule has 0 aliphatic carbocycles. The third-order valence-electron chi connectivity index (χ3n) is 3.74. The number of rotatable bonds is 2. The molecule has 0 spiro atoms. The summed E-state index contributed by atoms with van der Waals surface area (Å²) < 4.78 is 0. The number of carboxylic acids is 1. The Morgan fingerprint density at radius 2 is 2.05 bits per heavy atom. The number of anilines is 1. The molecular weight excluding hydrogens is 304 g/mol. The lowest BCUT2D eigenvalue weighted by Gasteiger charge is -1.99. The first-order valence-corrected chi connectivity index (χ1v) is 7.01. The molecule has 1 aromatic carbocycles. The van der Waals surface area contributed by atoms with Gasteiger partial charge in [0.2, 0.25) is 0 Å². The number of benzene rings is 1. The summed E-state index contributed by atoms with van der Waals surface area (Å²) in [6.07, 6.45) is 1.66. The number of halogens is 1. The summed E-state index contributed by atoms with van der Waals surface area (Å²) in [6.45, 7) is 3.41. The van der Waals surface area contributed by atoms with Gasteiger partial charge in [-0.3, -0.25) is 4.79 Å². The van der Waals surface area contributed by atoms with E-state index in [4.69, 9.17) is 11.6 Å². The second-order valence-corrected chi connectivity index (χ2v) is 5.61. The number of hydrogen-bond donors (Lipinski definition) is 3. The van der Waals surface area contributed by atoms with E-state index in [0.29, 0.717) is 38.8 Å². The standard InChI is InChI=1S/C16H13ClN2O3/c1-7-13(18-8(2)14(7)16(21)22)6-11-10-5-9(17)3-4-12(10)19-15(11)20/h3-6,18H,1-2H3,(H,19,20)(H,21,22). The van der Waals surface area contributed by atoms with Crippen LogP contribution in [-0.4, -0.2) is 22.0 Å². The van der Waals surface area contributed by atoms with Crippen molar-refractivity contribution in [2.24, 2.45) is 0 Å². The van der Waals surface area contributed by atoms with Gasteiger partial charge in [-0.25, -0.2) is 4.79 Å². The van der Waals surface area contributed by atoms with Gasteiger partial charge in [-0.05, 0) is 43.7 Å². The molecule has 22 heavy (non-hydrogen) atoms. The SMILES string of the molecule is Cc1[nH]c(C=C2C(=O)Nc3ccc(Cl)cc32)c(C)c1C(=O)O. The molecule has 5 nitrogen and oxygen atoms in total. The minimum absolute atomic E-state index is 0.233. The molecule has 6 heteroatoms. The second-order valence-electron chi connectivity index (χ2n) is 5.17. The van der Waals surface area contributed by atoms with Crippen LogP contribution >= 0.6 is 11.6 Å². The molecule has 3 rings (SSSR count). The molecule has 1 aromatic heterocycles. The van der Waals surface area contributed by atoms with Crippen LogP contribution in [0.3, 0.4) is 0 Å². The van der Waals surface area contributed by atoms with E-state index in [-0.39, 0.29) is 11.5 Å². The van der Waals surface area contributed by atoms with Crippen LogP contribution in [0.5, 0.6) is 0 Å². The van der Waals surface area contributed by atoms with E-state index in [1.54, 1.807) is 38.1 Å². The molecular formula is C16H13ClN2O3. The summed E-state index contributed by atoms with van der Waals surface area (Å²) in [7, 11) is 0. The molecule has 1 aliphatic heterocycles. The molecule has 3 N–H and O–H groups in total. The van der Waals surface area contributed by atoms with E-state index >= 15 is 0 Å². The molecule has 0 atom stereocenters. The Kier molecular flexibility index (Phi) is 3.30. The monoisotopic (exact) mass is 316 g/mol. The zero-order chi connectivity index (χ0) is 16.0. The van der Waals surface area contributed by atoms with Crippen LogP contribution in [0.1, 0.15) is 32.9 Å². The maximum Gasteiger partial charge on any atom is 0.337 e. The van der Waals surface area contributed by atoms with Crippen molar-refractivity contribution in [1.29, 1.82) is 0 Å². The van der Waals surface area contributed by atoms with Gasteiger partial charge in [-0.15, -0.1) is 0 Å². The quantitative estimate of drug-likeness (QED) is 0.742. The second kappa shape index (κ2) is 5.03. The number of H-pyrrole nitrogens is 1. The average molecular weight is 317 g/mol. The van der Waals surface area contributed by atoms with Crippen molar-refractivity contribution >= 4 is 40.8 Å². The van der Waals surface area contributed by atoms with E-state index in [1.807, 2.05) is 0 Å². The van der Waals surface area contributed by atoms with Crippen LogP contribution in [0, 0.1) is 13.8 Å². The number of aromatic amines is 1. The molecule has 1 aliphatic rings. The third kappa shape index (κ3) is 2.19. The van der Waals surface area contributed by atoms with Crippen molar-refractivity contribution in [2.75, 3.05) is 5.32 Å².